The smallest absolute Gasteiger partial charge is 0.330 e. The molecule has 1 N–H and O–H groups in total. The first-order chi connectivity index (χ1) is 25.0. The SMILES string of the molecule is COC(=O)/C=C/c1cc(OC)c(OCCCOC(=O)[C@]2(C)CC[C@]3(C)CC[C@]4(C)C5=CC=C6C(=CC(=O)C(O)=C6C)[C@]5(C)CC[C@@]4(C)[C@@H]3C2)c(OC)c1. The fraction of sp³-hybridized carbons (Fsp3) is 0.568. The third-order valence-electron chi connectivity index (χ3n) is 14.2. The highest BCUT2D eigenvalue weighted by molar-refractivity contribution is 6.06. The van der Waals surface area contributed by atoms with Gasteiger partial charge in [0.05, 0.1) is 40.0 Å². The average Bonchev–Trinajstić information content (AvgIpc) is 3.14. The highest BCUT2D eigenvalue weighted by Gasteiger charge is 2.67. The third-order valence-corrected chi connectivity index (χ3v) is 14.2. The number of ether oxygens (including phenoxy) is 5. The molecule has 0 heterocycles. The van der Waals surface area contributed by atoms with Crippen LogP contribution in [0.3, 0.4) is 0 Å². The zero-order chi connectivity index (χ0) is 38.6. The van der Waals surface area contributed by atoms with Crippen molar-refractivity contribution in [3.8, 4) is 17.2 Å². The maximum absolute atomic E-state index is 13.9. The Morgan fingerprint density at radius 2 is 1.58 bits per heavy atom. The molecule has 0 spiro atoms. The third kappa shape index (κ3) is 6.21. The van der Waals surface area contributed by atoms with E-state index in [9.17, 15) is 19.5 Å². The minimum Gasteiger partial charge on any atom is -0.504 e. The van der Waals surface area contributed by atoms with E-state index >= 15 is 0 Å². The second kappa shape index (κ2) is 13.9. The van der Waals surface area contributed by atoms with E-state index in [1.807, 2.05) is 6.92 Å². The standard InChI is InChI=1S/C44H56O9/c1-27-29-12-13-34-42(4,30(29)25-31(45)37(27)47)18-20-44(6)35-26-41(3,16-15-40(35,2)17-19-43(34,44)5)39(48)53-22-10-21-52-38-32(49-7)23-28(24-33(38)50-8)11-14-36(46)51-9/h11-14,23-25,35,47H,10,15-22,26H2,1-9H3/b14-11+/t35-,40-,41-,42+,43-,44+/m1/s1. The van der Waals surface area contributed by atoms with E-state index < -0.39 is 11.4 Å². The highest BCUT2D eigenvalue weighted by atomic mass is 16.5. The predicted octanol–water partition coefficient (Wildman–Crippen LogP) is 8.83. The van der Waals surface area contributed by atoms with Crippen LogP contribution in [0, 0.1) is 33.0 Å². The number of rotatable bonds is 10. The minimum absolute atomic E-state index is 0.0541. The van der Waals surface area contributed by atoms with Crippen molar-refractivity contribution in [2.24, 2.45) is 33.0 Å². The van der Waals surface area contributed by atoms with Gasteiger partial charge in [0.25, 0.3) is 0 Å². The van der Waals surface area contributed by atoms with Crippen molar-refractivity contribution in [2.45, 2.75) is 92.9 Å². The fourth-order valence-corrected chi connectivity index (χ4v) is 10.6. The number of carbonyl (C=O) groups is 3. The Hall–Kier alpha value is -4.27. The molecule has 5 aliphatic rings. The molecule has 9 nitrogen and oxygen atoms in total. The van der Waals surface area contributed by atoms with Gasteiger partial charge in [0.15, 0.2) is 17.3 Å². The molecule has 5 aliphatic carbocycles. The van der Waals surface area contributed by atoms with Crippen molar-refractivity contribution < 1.29 is 43.2 Å². The molecule has 6 atom stereocenters. The molecule has 6 rings (SSSR count). The number of ketones is 1. The Kier molecular flexibility index (Phi) is 10.1. The number of aliphatic hydroxyl groups is 1. The van der Waals surface area contributed by atoms with Crippen molar-refractivity contribution in [1.82, 2.24) is 0 Å². The first-order valence-electron chi connectivity index (χ1n) is 18.9. The summed E-state index contributed by atoms with van der Waals surface area (Å²) >= 11 is 0. The minimum atomic E-state index is -0.598. The molecule has 3 fully saturated rings. The summed E-state index contributed by atoms with van der Waals surface area (Å²) in [5.74, 6) is 0.582. The molecule has 3 saturated carbocycles. The zero-order valence-electron chi connectivity index (χ0n) is 32.9. The quantitative estimate of drug-likeness (QED) is 0.143. The van der Waals surface area contributed by atoms with E-state index in [0.29, 0.717) is 40.7 Å². The molecule has 286 valence electrons. The monoisotopic (exact) mass is 728 g/mol. The second-order valence-corrected chi connectivity index (χ2v) is 17.1. The topological polar surface area (TPSA) is 118 Å². The number of aliphatic hydroxyl groups excluding tert-OH is 1. The number of benzene rings is 1. The van der Waals surface area contributed by atoms with Crippen molar-refractivity contribution in [2.75, 3.05) is 34.5 Å². The number of carbonyl (C=O) groups excluding carboxylic acids is 3. The Bertz CT molecular complexity index is 1840. The van der Waals surface area contributed by atoms with Crippen LogP contribution in [0.2, 0.25) is 0 Å². The van der Waals surface area contributed by atoms with E-state index in [1.54, 1.807) is 24.3 Å². The summed E-state index contributed by atoms with van der Waals surface area (Å²) in [5, 5.41) is 10.5. The zero-order valence-corrected chi connectivity index (χ0v) is 32.9. The first-order valence-corrected chi connectivity index (χ1v) is 18.9. The Morgan fingerprint density at radius 1 is 0.906 bits per heavy atom. The molecule has 0 aliphatic heterocycles. The Balaban J connectivity index is 1.14. The molecule has 0 aromatic heterocycles. The van der Waals surface area contributed by atoms with E-state index in [-0.39, 0.29) is 52.4 Å². The van der Waals surface area contributed by atoms with Crippen LogP contribution in [0.5, 0.6) is 17.2 Å². The van der Waals surface area contributed by atoms with Crippen LogP contribution < -0.4 is 14.2 Å². The van der Waals surface area contributed by atoms with Gasteiger partial charge in [0.1, 0.15) is 0 Å². The van der Waals surface area contributed by atoms with Gasteiger partial charge in [-0.05, 0) is 122 Å². The summed E-state index contributed by atoms with van der Waals surface area (Å²) in [7, 11) is 4.39. The van der Waals surface area contributed by atoms with E-state index in [2.05, 4.69) is 51.5 Å². The molecule has 1 aromatic carbocycles. The molecule has 53 heavy (non-hydrogen) atoms. The first kappa shape index (κ1) is 38.5. The number of allylic oxidation sites excluding steroid dienone is 7. The van der Waals surface area contributed by atoms with Crippen molar-refractivity contribution in [3.63, 3.8) is 0 Å². The molecular formula is C44H56O9. The summed E-state index contributed by atoms with van der Waals surface area (Å²) in [6.07, 6.45) is 16.1. The van der Waals surface area contributed by atoms with Gasteiger partial charge < -0.3 is 28.8 Å². The van der Waals surface area contributed by atoms with Crippen LogP contribution in [0.15, 0.2) is 64.5 Å². The van der Waals surface area contributed by atoms with E-state index in [1.165, 1.54) is 33.0 Å². The molecule has 0 bridgehead atoms. The van der Waals surface area contributed by atoms with E-state index in [4.69, 9.17) is 18.9 Å². The van der Waals surface area contributed by atoms with Crippen LogP contribution in [-0.2, 0) is 23.9 Å². The Morgan fingerprint density at radius 3 is 2.25 bits per heavy atom. The van der Waals surface area contributed by atoms with Gasteiger partial charge in [-0.15, -0.1) is 0 Å². The van der Waals surface area contributed by atoms with Gasteiger partial charge in [-0.3, -0.25) is 9.59 Å². The van der Waals surface area contributed by atoms with Crippen molar-refractivity contribution >= 4 is 23.8 Å². The second-order valence-electron chi connectivity index (χ2n) is 17.1. The summed E-state index contributed by atoms with van der Waals surface area (Å²) in [5.41, 5.74) is 3.80. The van der Waals surface area contributed by atoms with Crippen molar-refractivity contribution in [1.29, 1.82) is 0 Å². The molecule has 0 radical (unpaired) electrons. The van der Waals surface area contributed by atoms with Gasteiger partial charge in [-0.25, -0.2) is 4.79 Å². The molecular weight excluding hydrogens is 672 g/mol. The molecule has 1 aromatic rings. The van der Waals surface area contributed by atoms with Gasteiger partial charge >= 0.3 is 11.9 Å². The molecule has 0 unspecified atom stereocenters. The number of hydrogen-bond donors (Lipinski definition) is 1. The lowest BCUT2D eigenvalue weighted by atomic mass is 9.34. The van der Waals surface area contributed by atoms with Gasteiger partial charge in [-0.1, -0.05) is 45.4 Å². The van der Waals surface area contributed by atoms with Crippen LogP contribution in [0.4, 0.5) is 0 Å². The van der Waals surface area contributed by atoms with Crippen LogP contribution in [0.1, 0.15) is 98.5 Å². The van der Waals surface area contributed by atoms with Crippen LogP contribution in [0.25, 0.3) is 6.08 Å². The van der Waals surface area contributed by atoms with Crippen LogP contribution in [-0.4, -0.2) is 57.4 Å². The number of fused-ring (bicyclic) bond motifs is 7. The lowest BCUT2D eigenvalue weighted by Gasteiger charge is -2.70. The van der Waals surface area contributed by atoms with E-state index in [0.717, 1.165) is 56.1 Å². The molecule has 0 amide bonds. The normalized spacial score (nSPS) is 33.3. The van der Waals surface area contributed by atoms with Crippen molar-refractivity contribution in [3.05, 3.63) is 70.1 Å². The summed E-state index contributed by atoms with van der Waals surface area (Å²) in [6.45, 7) is 14.1. The Labute approximate surface area is 314 Å². The molecule has 9 heteroatoms. The predicted molar refractivity (Wildman–Crippen MR) is 203 cm³/mol. The van der Waals surface area contributed by atoms with Crippen LogP contribution >= 0.6 is 0 Å². The largest absolute Gasteiger partial charge is 0.504 e. The lowest BCUT2D eigenvalue weighted by Crippen LogP contribution is -2.62. The maximum atomic E-state index is 13.9. The number of methoxy groups -OCH3 is 3. The maximum Gasteiger partial charge on any atom is 0.330 e. The number of esters is 2. The average molecular weight is 729 g/mol. The van der Waals surface area contributed by atoms with Gasteiger partial charge in [0, 0.05) is 23.5 Å². The van der Waals surface area contributed by atoms with Gasteiger partial charge in [-0.2, -0.15) is 0 Å². The fourth-order valence-electron chi connectivity index (χ4n) is 10.6. The summed E-state index contributed by atoms with van der Waals surface area (Å²) < 4.78 is 27.8. The highest BCUT2D eigenvalue weighted by Crippen LogP contribution is 2.75. The number of hydrogen-bond acceptors (Lipinski definition) is 9. The summed E-state index contributed by atoms with van der Waals surface area (Å²) in [6, 6.07) is 3.49. The lowest BCUT2D eigenvalue weighted by molar-refractivity contribution is -0.182. The van der Waals surface area contributed by atoms with Gasteiger partial charge in [0.2, 0.25) is 11.5 Å². The molecule has 0 saturated heterocycles. The summed E-state index contributed by atoms with van der Waals surface area (Å²) in [4.78, 5) is 38.4.